The molecule has 2 unspecified atom stereocenters. The Hall–Kier alpha value is -1.88. The Morgan fingerprint density at radius 3 is 2.67 bits per heavy atom. The van der Waals surface area contributed by atoms with Crippen molar-refractivity contribution in [3.63, 3.8) is 0 Å². The van der Waals surface area contributed by atoms with Gasteiger partial charge in [0.05, 0.1) is 12.1 Å². The van der Waals surface area contributed by atoms with E-state index in [2.05, 4.69) is 5.32 Å². The first-order valence-electron chi connectivity index (χ1n) is 7.04. The van der Waals surface area contributed by atoms with E-state index in [9.17, 15) is 14.7 Å². The summed E-state index contributed by atoms with van der Waals surface area (Å²) in [7, 11) is 0. The first-order valence-corrected chi connectivity index (χ1v) is 7.04. The van der Waals surface area contributed by atoms with Gasteiger partial charge in [-0.3, -0.25) is 4.79 Å². The Kier molecular flexibility index (Phi) is 4.32. The standard InChI is InChI=1S/C16H21NO4/c1-16(2,3)21-15(20)17-12-9-13(18)11-7-5-4-6-10(11)8-14(12)19/h4-7,12-13,18H,8-9H2,1-3H3,(H,17,20). The van der Waals surface area contributed by atoms with Gasteiger partial charge in [-0.1, -0.05) is 24.3 Å². The lowest BCUT2D eigenvalue weighted by Gasteiger charge is -2.23. The molecule has 21 heavy (non-hydrogen) atoms. The van der Waals surface area contributed by atoms with E-state index < -0.39 is 23.8 Å². The van der Waals surface area contributed by atoms with Gasteiger partial charge in [0.1, 0.15) is 5.60 Å². The van der Waals surface area contributed by atoms with Gasteiger partial charge in [0.15, 0.2) is 5.78 Å². The van der Waals surface area contributed by atoms with Gasteiger partial charge in [0, 0.05) is 12.8 Å². The Labute approximate surface area is 124 Å². The van der Waals surface area contributed by atoms with Gasteiger partial charge >= 0.3 is 6.09 Å². The summed E-state index contributed by atoms with van der Waals surface area (Å²) in [6.45, 7) is 5.27. The fourth-order valence-corrected chi connectivity index (χ4v) is 2.40. The van der Waals surface area contributed by atoms with Crippen molar-refractivity contribution in [1.82, 2.24) is 5.32 Å². The summed E-state index contributed by atoms with van der Waals surface area (Å²) in [5.74, 6) is -0.121. The van der Waals surface area contributed by atoms with Crippen molar-refractivity contribution in [1.29, 1.82) is 0 Å². The van der Waals surface area contributed by atoms with Crippen molar-refractivity contribution in [2.45, 2.75) is 51.4 Å². The highest BCUT2D eigenvalue weighted by atomic mass is 16.6. The zero-order valence-electron chi connectivity index (χ0n) is 12.6. The van der Waals surface area contributed by atoms with Gasteiger partial charge in [-0.2, -0.15) is 0 Å². The van der Waals surface area contributed by atoms with Crippen LogP contribution in [0.1, 0.15) is 44.4 Å². The Bertz CT molecular complexity index is 547. The SMILES string of the molecule is CC(C)(C)OC(=O)NC1CC(O)c2ccccc2CC1=O. The summed E-state index contributed by atoms with van der Waals surface area (Å²) in [4.78, 5) is 24.0. The average Bonchev–Trinajstić information content (AvgIpc) is 2.46. The number of aliphatic hydroxyl groups is 1. The molecule has 1 aromatic carbocycles. The number of hydrogen-bond acceptors (Lipinski definition) is 4. The number of Topliss-reactive ketones (excluding diaryl/α,β-unsaturated/α-hetero) is 1. The molecule has 0 radical (unpaired) electrons. The van der Waals surface area contributed by atoms with E-state index in [-0.39, 0.29) is 18.6 Å². The van der Waals surface area contributed by atoms with Crippen molar-refractivity contribution in [3.05, 3.63) is 35.4 Å². The molecule has 1 aromatic rings. The lowest BCUT2D eigenvalue weighted by atomic mass is 10.0. The van der Waals surface area contributed by atoms with Crippen molar-refractivity contribution < 1.29 is 19.4 Å². The molecule has 2 rings (SSSR count). The second-order valence-electron chi connectivity index (χ2n) is 6.29. The molecule has 0 aromatic heterocycles. The fourth-order valence-electron chi connectivity index (χ4n) is 2.40. The van der Waals surface area contributed by atoms with Crippen LogP contribution in [0.15, 0.2) is 24.3 Å². The normalized spacial score (nSPS) is 22.2. The van der Waals surface area contributed by atoms with Crippen LogP contribution in [0.25, 0.3) is 0 Å². The van der Waals surface area contributed by atoms with Crippen molar-refractivity contribution in [2.24, 2.45) is 0 Å². The minimum Gasteiger partial charge on any atom is -0.444 e. The molecule has 0 fully saturated rings. The largest absolute Gasteiger partial charge is 0.444 e. The summed E-state index contributed by atoms with van der Waals surface area (Å²) >= 11 is 0. The van der Waals surface area contributed by atoms with E-state index in [0.717, 1.165) is 11.1 Å². The predicted molar refractivity (Wildman–Crippen MR) is 77.9 cm³/mol. The third-order valence-electron chi connectivity index (χ3n) is 3.32. The summed E-state index contributed by atoms with van der Waals surface area (Å²) < 4.78 is 5.16. The predicted octanol–water partition coefficient (Wildman–Crippen LogP) is 2.13. The molecule has 0 saturated heterocycles. The van der Waals surface area contributed by atoms with Crippen LogP contribution in [-0.2, 0) is 16.0 Å². The number of fused-ring (bicyclic) bond motifs is 1. The van der Waals surface area contributed by atoms with Gasteiger partial charge in [-0.25, -0.2) is 4.79 Å². The molecule has 2 atom stereocenters. The van der Waals surface area contributed by atoms with Gasteiger partial charge < -0.3 is 15.2 Å². The minimum absolute atomic E-state index is 0.121. The third-order valence-corrected chi connectivity index (χ3v) is 3.32. The minimum atomic E-state index is -0.771. The molecule has 0 heterocycles. The van der Waals surface area contributed by atoms with Gasteiger partial charge in [-0.15, -0.1) is 0 Å². The van der Waals surface area contributed by atoms with E-state index in [1.807, 2.05) is 24.3 Å². The van der Waals surface area contributed by atoms with Gasteiger partial charge in [0.2, 0.25) is 0 Å². The maximum atomic E-state index is 12.2. The fraction of sp³-hybridized carbons (Fsp3) is 0.500. The zero-order valence-corrected chi connectivity index (χ0v) is 12.6. The first kappa shape index (κ1) is 15.5. The number of alkyl carbamates (subject to hydrolysis) is 1. The molecule has 1 amide bonds. The van der Waals surface area contributed by atoms with Crippen LogP contribution in [-0.4, -0.2) is 28.6 Å². The topological polar surface area (TPSA) is 75.6 Å². The number of nitrogens with one attached hydrogen (secondary N) is 1. The molecule has 1 aliphatic carbocycles. The van der Waals surface area contributed by atoms with Crippen LogP contribution >= 0.6 is 0 Å². The van der Waals surface area contributed by atoms with Crippen molar-refractivity contribution >= 4 is 11.9 Å². The highest BCUT2D eigenvalue weighted by molar-refractivity contribution is 5.90. The Morgan fingerprint density at radius 1 is 1.33 bits per heavy atom. The van der Waals surface area contributed by atoms with Crippen LogP contribution in [0.5, 0.6) is 0 Å². The van der Waals surface area contributed by atoms with E-state index in [0.29, 0.717) is 0 Å². The lowest BCUT2D eigenvalue weighted by molar-refractivity contribution is -0.120. The number of rotatable bonds is 1. The number of hydrogen-bond donors (Lipinski definition) is 2. The Morgan fingerprint density at radius 2 is 2.00 bits per heavy atom. The monoisotopic (exact) mass is 291 g/mol. The quantitative estimate of drug-likeness (QED) is 0.777. The number of ether oxygens (including phenoxy) is 1. The highest BCUT2D eigenvalue weighted by Crippen LogP contribution is 2.27. The molecule has 5 heteroatoms. The van der Waals surface area contributed by atoms with Crippen LogP contribution in [0.4, 0.5) is 4.79 Å². The van der Waals surface area contributed by atoms with E-state index in [1.165, 1.54) is 0 Å². The molecule has 0 saturated carbocycles. The smallest absolute Gasteiger partial charge is 0.408 e. The zero-order chi connectivity index (χ0) is 15.6. The maximum absolute atomic E-state index is 12.2. The molecule has 0 spiro atoms. The molecule has 0 aliphatic heterocycles. The molecule has 5 nitrogen and oxygen atoms in total. The summed E-state index contributed by atoms with van der Waals surface area (Å²) in [6, 6.07) is 6.56. The number of ketones is 1. The summed E-state index contributed by atoms with van der Waals surface area (Å²) in [6.07, 6.45) is -1.05. The first-order chi connectivity index (χ1) is 9.76. The lowest BCUT2D eigenvalue weighted by Crippen LogP contribution is -2.44. The molecule has 2 N–H and O–H groups in total. The number of carbonyl (C=O) groups excluding carboxylic acids is 2. The number of benzene rings is 1. The van der Waals surface area contributed by atoms with Crippen molar-refractivity contribution in [3.8, 4) is 0 Å². The second kappa shape index (κ2) is 5.85. The number of aliphatic hydroxyl groups excluding tert-OH is 1. The van der Waals surface area contributed by atoms with E-state index in [1.54, 1.807) is 20.8 Å². The summed E-state index contributed by atoms with van der Waals surface area (Å²) in [5.41, 5.74) is 0.933. The Balaban J connectivity index is 2.10. The maximum Gasteiger partial charge on any atom is 0.408 e. The summed E-state index contributed by atoms with van der Waals surface area (Å²) in [5, 5.41) is 12.8. The van der Waals surface area contributed by atoms with E-state index >= 15 is 0 Å². The molecule has 114 valence electrons. The highest BCUT2D eigenvalue weighted by Gasteiger charge is 2.31. The molecular formula is C16H21NO4. The van der Waals surface area contributed by atoms with E-state index in [4.69, 9.17) is 4.74 Å². The van der Waals surface area contributed by atoms with Crippen LogP contribution in [0.3, 0.4) is 0 Å². The third kappa shape index (κ3) is 4.04. The molecular weight excluding hydrogens is 270 g/mol. The van der Waals surface area contributed by atoms with Crippen LogP contribution in [0.2, 0.25) is 0 Å². The number of amides is 1. The number of carbonyl (C=O) groups is 2. The van der Waals surface area contributed by atoms with Crippen molar-refractivity contribution in [2.75, 3.05) is 0 Å². The average molecular weight is 291 g/mol. The second-order valence-corrected chi connectivity index (χ2v) is 6.29. The molecule has 1 aliphatic rings. The van der Waals surface area contributed by atoms with Gasteiger partial charge in [0.25, 0.3) is 0 Å². The molecule has 0 bridgehead atoms. The van der Waals surface area contributed by atoms with Gasteiger partial charge in [-0.05, 0) is 31.9 Å². The van der Waals surface area contributed by atoms with Crippen LogP contribution < -0.4 is 5.32 Å². The van der Waals surface area contributed by atoms with Crippen LogP contribution in [0, 0.1) is 0 Å².